The second kappa shape index (κ2) is 6.43. The molecule has 2 aliphatic rings. The quantitative estimate of drug-likeness (QED) is 0.843. The van der Waals surface area contributed by atoms with E-state index in [0.29, 0.717) is 5.06 Å². The van der Waals surface area contributed by atoms with Gasteiger partial charge in [-0.25, -0.2) is 4.79 Å². The highest BCUT2D eigenvalue weighted by molar-refractivity contribution is 6.20. The molecule has 7 nitrogen and oxygen atoms in total. The maximum absolute atomic E-state index is 12.1. The van der Waals surface area contributed by atoms with Crippen LogP contribution in [-0.4, -0.2) is 34.8 Å². The summed E-state index contributed by atoms with van der Waals surface area (Å²) in [6.45, 7) is 1.47. The van der Waals surface area contributed by atoms with Crippen molar-refractivity contribution in [2.75, 3.05) is 0 Å². The van der Waals surface area contributed by atoms with E-state index in [4.69, 9.17) is 4.84 Å². The molecule has 1 heterocycles. The van der Waals surface area contributed by atoms with Gasteiger partial charge in [0.15, 0.2) is 0 Å². The molecular formula is C17H18N2O5. The molecule has 1 aliphatic heterocycles. The van der Waals surface area contributed by atoms with Crippen LogP contribution in [0.2, 0.25) is 0 Å². The molecule has 24 heavy (non-hydrogen) atoms. The molecule has 1 aromatic carbocycles. The second-order valence-electron chi connectivity index (χ2n) is 6.07. The van der Waals surface area contributed by atoms with E-state index in [1.165, 1.54) is 19.1 Å². The molecule has 1 atom stereocenters. The fourth-order valence-electron chi connectivity index (χ4n) is 3.00. The number of carbonyl (C=O) groups excluding carboxylic acids is 4. The van der Waals surface area contributed by atoms with Gasteiger partial charge >= 0.3 is 5.97 Å². The minimum absolute atomic E-state index is 0.0837. The van der Waals surface area contributed by atoms with Gasteiger partial charge in [0.1, 0.15) is 6.04 Å². The summed E-state index contributed by atoms with van der Waals surface area (Å²) in [5, 5.41) is 3.03. The Morgan fingerprint density at radius 1 is 1.12 bits per heavy atom. The average Bonchev–Trinajstić information content (AvgIpc) is 3.19. The fraction of sp³-hybridized carbons (Fsp3) is 0.412. The number of rotatable bonds is 4. The first-order valence-electron chi connectivity index (χ1n) is 7.99. The summed E-state index contributed by atoms with van der Waals surface area (Å²) in [5.41, 5.74) is 0.385. The van der Waals surface area contributed by atoms with Gasteiger partial charge in [0.2, 0.25) is 5.91 Å². The van der Waals surface area contributed by atoms with Gasteiger partial charge in [-0.05, 0) is 31.9 Å². The summed E-state index contributed by atoms with van der Waals surface area (Å²) in [7, 11) is 0. The maximum atomic E-state index is 12.1. The molecule has 1 aliphatic carbocycles. The smallest absolute Gasteiger partial charge is 0.343 e. The van der Waals surface area contributed by atoms with Gasteiger partial charge in [0.05, 0.1) is 11.1 Å². The van der Waals surface area contributed by atoms with E-state index in [0.717, 1.165) is 25.7 Å². The largest absolute Gasteiger partial charge is 0.354 e. The first-order valence-corrected chi connectivity index (χ1v) is 7.99. The highest BCUT2D eigenvalue weighted by Crippen LogP contribution is 2.25. The van der Waals surface area contributed by atoms with Crippen LogP contribution in [0.1, 0.15) is 53.3 Å². The van der Waals surface area contributed by atoms with Crippen LogP contribution in [0.3, 0.4) is 0 Å². The predicted octanol–water partition coefficient (Wildman–Crippen LogP) is 1.44. The summed E-state index contributed by atoms with van der Waals surface area (Å²) in [6.07, 6.45) is 3.63. The third-order valence-electron chi connectivity index (χ3n) is 4.38. The molecule has 0 aromatic heterocycles. The van der Waals surface area contributed by atoms with E-state index < -0.39 is 23.8 Å². The zero-order valence-electron chi connectivity index (χ0n) is 13.3. The van der Waals surface area contributed by atoms with Crippen LogP contribution < -0.4 is 5.32 Å². The molecule has 126 valence electrons. The Morgan fingerprint density at radius 2 is 1.67 bits per heavy atom. The average molecular weight is 330 g/mol. The number of hydrogen-bond donors (Lipinski definition) is 1. The molecule has 1 unspecified atom stereocenters. The standard InChI is InChI=1S/C17H18N2O5/c1-10(18-14(20)11-6-2-3-7-11)17(23)24-19-15(21)12-8-4-5-9-13(12)16(19)22/h4-5,8-11H,2-3,6-7H2,1H3,(H,18,20). The molecule has 1 fully saturated rings. The Balaban J connectivity index is 1.62. The lowest BCUT2D eigenvalue weighted by Gasteiger charge is -2.18. The van der Waals surface area contributed by atoms with Crippen LogP contribution >= 0.6 is 0 Å². The van der Waals surface area contributed by atoms with Crippen molar-refractivity contribution < 1.29 is 24.0 Å². The van der Waals surface area contributed by atoms with Crippen molar-refractivity contribution in [3.05, 3.63) is 35.4 Å². The molecule has 0 spiro atoms. The van der Waals surface area contributed by atoms with Gasteiger partial charge in [0, 0.05) is 5.92 Å². The summed E-state index contributed by atoms with van der Waals surface area (Å²) >= 11 is 0. The van der Waals surface area contributed by atoms with Gasteiger partial charge in [-0.2, -0.15) is 0 Å². The van der Waals surface area contributed by atoms with E-state index in [1.54, 1.807) is 12.1 Å². The van der Waals surface area contributed by atoms with Crippen molar-refractivity contribution in [2.24, 2.45) is 5.92 Å². The van der Waals surface area contributed by atoms with E-state index in [2.05, 4.69) is 5.32 Å². The topological polar surface area (TPSA) is 92.8 Å². The van der Waals surface area contributed by atoms with Crippen LogP contribution in [-0.2, 0) is 14.4 Å². The predicted molar refractivity (Wildman–Crippen MR) is 82.6 cm³/mol. The van der Waals surface area contributed by atoms with Crippen LogP contribution in [0.4, 0.5) is 0 Å². The first kappa shape index (κ1) is 16.2. The number of carbonyl (C=O) groups is 4. The number of nitrogens with zero attached hydrogens (tertiary/aromatic N) is 1. The third-order valence-corrected chi connectivity index (χ3v) is 4.38. The molecule has 3 rings (SSSR count). The second-order valence-corrected chi connectivity index (χ2v) is 6.07. The van der Waals surface area contributed by atoms with Gasteiger partial charge in [0.25, 0.3) is 11.8 Å². The highest BCUT2D eigenvalue weighted by Gasteiger charge is 2.39. The number of nitrogens with one attached hydrogen (secondary N) is 1. The van der Waals surface area contributed by atoms with Crippen molar-refractivity contribution in [1.29, 1.82) is 0 Å². The van der Waals surface area contributed by atoms with Gasteiger partial charge in [-0.1, -0.05) is 30.0 Å². The molecule has 1 N–H and O–H groups in total. The lowest BCUT2D eigenvalue weighted by Crippen LogP contribution is -2.45. The molecule has 0 radical (unpaired) electrons. The van der Waals surface area contributed by atoms with Crippen molar-refractivity contribution in [1.82, 2.24) is 10.4 Å². The van der Waals surface area contributed by atoms with E-state index >= 15 is 0 Å². The Hall–Kier alpha value is -2.70. The van der Waals surface area contributed by atoms with E-state index in [-0.39, 0.29) is 23.0 Å². The van der Waals surface area contributed by atoms with Crippen molar-refractivity contribution in [3.63, 3.8) is 0 Å². The van der Waals surface area contributed by atoms with Gasteiger partial charge in [-0.3, -0.25) is 14.4 Å². The Kier molecular flexibility index (Phi) is 4.33. The van der Waals surface area contributed by atoms with Crippen molar-refractivity contribution in [3.8, 4) is 0 Å². The molecular weight excluding hydrogens is 312 g/mol. The van der Waals surface area contributed by atoms with E-state index in [1.807, 2.05) is 0 Å². The zero-order chi connectivity index (χ0) is 17.3. The fourth-order valence-corrected chi connectivity index (χ4v) is 3.00. The van der Waals surface area contributed by atoms with Crippen LogP contribution in [0.15, 0.2) is 24.3 Å². The minimum atomic E-state index is -0.942. The van der Waals surface area contributed by atoms with Gasteiger partial charge < -0.3 is 10.2 Å². The molecule has 3 amide bonds. The number of benzene rings is 1. The number of hydroxylamine groups is 2. The summed E-state index contributed by atoms with van der Waals surface area (Å²) in [5.74, 6) is -2.49. The molecule has 1 aromatic rings. The van der Waals surface area contributed by atoms with Crippen molar-refractivity contribution >= 4 is 23.7 Å². The molecule has 1 saturated carbocycles. The third kappa shape index (κ3) is 2.89. The number of fused-ring (bicyclic) bond motifs is 1. The number of hydrogen-bond acceptors (Lipinski definition) is 5. The molecule has 0 bridgehead atoms. The van der Waals surface area contributed by atoms with Crippen LogP contribution in [0.25, 0.3) is 0 Å². The zero-order valence-corrected chi connectivity index (χ0v) is 13.3. The molecule has 0 saturated heterocycles. The minimum Gasteiger partial charge on any atom is -0.343 e. The number of amides is 3. The SMILES string of the molecule is CC(NC(=O)C1CCCC1)C(=O)ON1C(=O)c2ccccc2C1=O. The molecule has 7 heteroatoms. The Labute approximate surface area is 138 Å². The lowest BCUT2D eigenvalue weighted by molar-refractivity contribution is -0.171. The Morgan fingerprint density at radius 3 is 2.21 bits per heavy atom. The van der Waals surface area contributed by atoms with Crippen LogP contribution in [0.5, 0.6) is 0 Å². The summed E-state index contributed by atoms with van der Waals surface area (Å²) in [4.78, 5) is 53.3. The number of imide groups is 1. The maximum Gasteiger partial charge on any atom is 0.354 e. The Bertz CT molecular complexity index is 674. The van der Waals surface area contributed by atoms with Crippen molar-refractivity contribution in [2.45, 2.75) is 38.6 Å². The monoisotopic (exact) mass is 330 g/mol. The summed E-state index contributed by atoms with van der Waals surface area (Å²) in [6, 6.07) is 5.30. The highest BCUT2D eigenvalue weighted by atomic mass is 16.7. The van der Waals surface area contributed by atoms with E-state index in [9.17, 15) is 19.2 Å². The van der Waals surface area contributed by atoms with Gasteiger partial charge in [-0.15, -0.1) is 0 Å². The summed E-state index contributed by atoms with van der Waals surface area (Å²) < 4.78 is 0. The first-order chi connectivity index (χ1) is 11.5. The van der Waals surface area contributed by atoms with Crippen LogP contribution in [0, 0.1) is 5.92 Å². The lowest BCUT2D eigenvalue weighted by atomic mass is 10.1. The normalized spacial score (nSPS) is 18.5.